The molecule has 0 saturated carbocycles. The van der Waals surface area contributed by atoms with Gasteiger partial charge in [0.25, 0.3) is 0 Å². The van der Waals surface area contributed by atoms with Gasteiger partial charge in [0, 0.05) is 12.8 Å². The van der Waals surface area contributed by atoms with Gasteiger partial charge >= 0.3 is 17.9 Å². The normalized spacial score (nSPS) is 10.5. The highest BCUT2D eigenvalue weighted by molar-refractivity contribution is 5.69. The highest BCUT2D eigenvalue weighted by atomic mass is 16.6. The monoisotopic (exact) mass is 350 g/mol. The first kappa shape index (κ1) is 22.3. The minimum absolute atomic E-state index is 0.0264. The van der Waals surface area contributed by atoms with Gasteiger partial charge in [0.05, 0.1) is 46.1 Å². The molecule has 9 heteroatoms. The van der Waals surface area contributed by atoms with Gasteiger partial charge in [-0.2, -0.15) is 0 Å². The fraction of sp³-hybridized carbons (Fsp3) is 0.800. The number of carbonyl (C=O) groups excluding carboxylic acids is 1. The van der Waals surface area contributed by atoms with E-state index >= 15 is 0 Å². The number of hydrogen-bond donors (Lipinski definition) is 2. The van der Waals surface area contributed by atoms with E-state index in [1.54, 1.807) is 0 Å². The number of ether oxygens (including phenoxy) is 4. The number of aliphatic carboxylic acids is 2. The highest BCUT2D eigenvalue weighted by Crippen LogP contribution is 2.01. The Balaban J connectivity index is 3.17. The van der Waals surface area contributed by atoms with Gasteiger partial charge in [-0.05, 0) is 12.8 Å². The molecule has 0 aliphatic rings. The molecule has 0 bridgehead atoms. The van der Waals surface area contributed by atoms with Crippen LogP contribution in [0.15, 0.2) is 0 Å². The number of unbranched alkanes of at least 4 members (excludes halogenated alkanes) is 1. The summed E-state index contributed by atoms with van der Waals surface area (Å²) in [4.78, 5) is 31.8. The summed E-state index contributed by atoms with van der Waals surface area (Å²) < 4.78 is 20.4. The van der Waals surface area contributed by atoms with Crippen molar-refractivity contribution < 1.29 is 43.5 Å². The number of rotatable bonds is 17. The molecule has 24 heavy (non-hydrogen) atoms. The zero-order valence-electron chi connectivity index (χ0n) is 13.7. The summed E-state index contributed by atoms with van der Waals surface area (Å²) in [6.45, 7) is 1.98. The van der Waals surface area contributed by atoms with E-state index in [4.69, 9.17) is 29.2 Å². The maximum absolute atomic E-state index is 11.3. The Morgan fingerprint density at radius 2 is 1.04 bits per heavy atom. The fourth-order valence-electron chi connectivity index (χ4n) is 1.53. The Morgan fingerprint density at radius 3 is 1.58 bits per heavy atom. The fourth-order valence-corrected chi connectivity index (χ4v) is 1.53. The number of hydrogen-bond acceptors (Lipinski definition) is 7. The summed E-state index contributed by atoms with van der Waals surface area (Å²) >= 11 is 0. The van der Waals surface area contributed by atoms with E-state index in [9.17, 15) is 14.4 Å². The Morgan fingerprint density at radius 1 is 0.583 bits per heavy atom. The third-order valence-corrected chi connectivity index (χ3v) is 2.72. The molecule has 0 aliphatic heterocycles. The molecule has 0 atom stereocenters. The summed E-state index contributed by atoms with van der Waals surface area (Å²) in [6, 6.07) is 0. The molecular formula is C15H26O9. The first-order chi connectivity index (χ1) is 11.5. The Kier molecular flexibility index (Phi) is 15.0. The lowest BCUT2D eigenvalue weighted by Crippen LogP contribution is -2.14. The third kappa shape index (κ3) is 18.3. The van der Waals surface area contributed by atoms with Crippen molar-refractivity contribution >= 4 is 17.9 Å². The van der Waals surface area contributed by atoms with Crippen molar-refractivity contribution in [2.45, 2.75) is 32.1 Å². The van der Waals surface area contributed by atoms with E-state index in [1.165, 1.54) is 0 Å². The van der Waals surface area contributed by atoms with Crippen LogP contribution in [-0.2, 0) is 33.3 Å². The van der Waals surface area contributed by atoms with Crippen LogP contribution in [0, 0.1) is 0 Å². The van der Waals surface area contributed by atoms with Gasteiger partial charge in [-0.25, -0.2) is 0 Å². The van der Waals surface area contributed by atoms with Crippen molar-refractivity contribution in [1.29, 1.82) is 0 Å². The second-order valence-corrected chi connectivity index (χ2v) is 4.80. The molecule has 0 unspecified atom stereocenters. The molecule has 0 saturated heterocycles. The average Bonchev–Trinajstić information content (AvgIpc) is 2.52. The maximum Gasteiger partial charge on any atom is 0.305 e. The maximum atomic E-state index is 11.3. The lowest BCUT2D eigenvalue weighted by atomic mass is 10.2. The molecular weight excluding hydrogens is 324 g/mol. The lowest BCUT2D eigenvalue weighted by molar-refractivity contribution is -0.146. The van der Waals surface area contributed by atoms with Crippen LogP contribution in [0.5, 0.6) is 0 Å². The van der Waals surface area contributed by atoms with Gasteiger partial charge in [-0.3, -0.25) is 14.4 Å². The zero-order chi connectivity index (χ0) is 18.0. The van der Waals surface area contributed by atoms with Crippen LogP contribution in [0.4, 0.5) is 0 Å². The van der Waals surface area contributed by atoms with Crippen molar-refractivity contribution in [1.82, 2.24) is 0 Å². The van der Waals surface area contributed by atoms with Crippen molar-refractivity contribution in [2.75, 3.05) is 46.2 Å². The Hall–Kier alpha value is -1.71. The van der Waals surface area contributed by atoms with Crippen LogP contribution in [-0.4, -0.2) is 74.4 Å². The molecule has 0 aliphatic carbocycles. The number of carboxylic acids is 2. The first-order valence-corrected chi connectivity index (χ1v) is 7.85. The number of carboxylic acid groups (broad SMARTS) is 2. The molecule has 0 spiro atoms. The topological polar surface area (TPSA) is 129 Å². The summed E-state index contributed by atoms with van der Waals surface area (Å²) in [5.74, 6) is -2.13. The van der Waals surface area contributed by atoms with E-state index in [2.05, 4.69) is 0 Å². The zero-order valence-corrected chi connectivity index (χ0v) is 13.7. The minimum Gasteiger partial charge on any atom is -0.481 e. The first-order valence-electron chi connectivity index (χ1n) is 7.85. The van der Waals surface area contributed by atoms with Crippen LogP contribution in [0.3, 0.4) is 0 Å². The van der Waals surface area contributed by atoms with E-state index in [-0.39, 0.29) is 45.1 Å². The van der Waals surface area contributed by atoms with E-state index in [1.807, 2.05) is 0 Å². The molecule has 0 amide bonds. The van der Waals surface area contributed by atoms with Crippen LogP contribution < -0.4 is 0 Å². The van der Waals surface area contributed by atoms with Crippen molar-refractivity contribution in [2.24, 2.45) is 0 Å². The van der Waals surface area contributed by atoms with Crippen LogP contribution in [0.25, 0.3) is 0 Å². The summed E-state index contributed by atoms with van der Waals surface area (Å²) in [6.07, 6.45) is 1.19. The Labute approximate surface area is 140 Å². The van der Waals surface area contributed by atoms with Gasteiger partial charge in [0.2, 0.25) is 0 Å². The van der Waals surface area contributed by atoms with Gasteiger partial charge in [0.15, 0.2) is 0 Å². The van der Waals surface area contributed by atoms with E-state index < -0.39 is 11.9 Å². The molecule has 2 N–H and O–H groups in total. The van der Waals surface area contributed by atoms with Crippen molar-refractivity contribution in [3.63, 3.8) is 0 Å². The molecule has 0 aromatic carbocycles. The van der Waals surface area contributed by atoms with Gasteiger partial charge in [-0.15, -0.1) is 0 Å². The van der Waals surface area contributed by atoms with E-state index in [0.717, 1.165) is 0 Å². The number of esters is 1. The van der Waals surface area contributed by atoms with E-state index in [0.29, 0.717) is 39.3 Å². The van der Waals surface area contributed by atoms with Gasteiger partial charge in [0.1, 0.15) is 6.61 Å². The van der Waals surface area contributed by atoms with Gasteiger partial charge < -0.3 is 29.2 Å². The van der Waals surface area contributed by atoms with Crippen LogP contribution >= 0.6 is 0 Å². The molecule has 140 valence electrons. The highest BCUT2D eigenvalue weighted by Gasteiger charge is 2.04. The lowest BCUT2D eigenvalue weighted by Gasteiger charge is -2.07. The summed E-state index contributed by atoms with van der Waals surface area (Å²) in [5.41, 5.74) is 0. The van der Waals surface area contributed by atoms with Crippen molar-refractivity contribution in [3.8, 4) is 0 Å². The molecule has 0 fully saturated rings. The smallest absolute Gasteiger partial charge is 0.305 e. The predicted molar refractivity (Wildman–Crippen MR) is 81.8 cm³/mol. The third-order valence-electron chi connectivity index (χ3n) is 2.72. The van der Waals surface area contributed by atoms with Crippen LogP contribution in [0.1, 0.15) is 32.1 Å². The van der Waals surface area contributed by atoms with Gasteiger partial charge in [-0.1, -0.05) is 0 Å². The Bertz CT molecular complexity index is 357. The molecule has 9 nitrogen and oxygen atoms in total. The standard InChI is InChI=1S/C15H26O9/c16-13(17)3-1-2-4-15(20)24-12-11-23-10-9-22-8-7-21-6-5-14(18)19/h1-12H2,(H,16,17)(H,18,19). The molecule has 0 heterocycles. The quantitative estimate of drug-likeness (QED) is 0.287. The largest absolute Gasteiger partial charge is 0.481 e. The SMILES string of the molecule is O=C(O)CCCCC(=O)OCCOCCOCCOCCC(=O)O. The predicted octanol–water partition coefficient (Wildman–Crippen LogP) is 0.699. The number of carbonyl (C=O) groups is 3. The minimum atomic E-state index is -0.898. The van der Waals surface area contributed by atoms with Crippen molar-refractivity contribution in [3.05, 3.63) is 0 Å². The summed E-state index contributed by atoms with van der Waals surface area (Å²) in [7, 11) is 0. The average molecular weight is 350 g/mol. The van der Waals surface area contributed by atoms with Crippen LogP contribution in [0.2, 0.25) is 0 Å². The molecule has 0 rings (SSSR count). The molecule has 0 aromatic heterocycles. The molecule has 0 aromatic rings. The molecule has 0 radical (unpaired) electrons. The summed E-state index contributed by atoms with van der Waals surface area (Å²) in [5, 5.41) is 16.8. The second kappa shape index (κ2) is 16.2. The second-order valence-electron chi connectivity index (χ2n) is 4.80.